The Kier molecular flexibility index (Phi) is 9.91. The minimum atomic E-state index is 0.711. The third kappa shape index (κ3) is 8.02. The SMILES string of the molecule is CCCCCCCC1CCC(C=CCCc2ccc(-c3ccc(C#N)cc3)cc2)CC1. The first-order valence-electron chi connectivity index (χ1n) is 12.5. The summed E-state index contributed by atoms with van der Waals surface area (Å²) in [5.41, 5.74) is 4.49. The Bertz CT molecular complexity index is 814. The molecule has 0 bridgehead atoms. The van der Waals surface area contributed by atoms with Gasteiger partial charge in [-0.15, -0.1) is 0 Å². The molecule has 0 amide bonds. The highest BCUT2D eigenvalue weighted by molar-refractivity contribution is 5.64. The van der Waals surface area contributed by atoms with E-state index in [4.69, 9.17) is 5.26 Å². The molecule has 0 N–H and O–H groups in total. The molecule has 0 radical (unpaired) electrons. The van der Waals surface area contributed by atoms with Crippen LogP contribution in [0.1, 0.15) is 88.7 Å². The highest BCUT2D eigenvalue weighted by Gasteiger charge is 2.18. The van der Waals surface area contributed by atoms with E-state index in [-0.39, 0.29) is 0 Å². The number of nitriles is 1. The summed E-state index contributed by atoms with van der Waals surface area (Å²) in [7, 11) is 0. The van der Waals surface area contributed by atoms with Crippen LogP contribution in [0.4, 0.5) is 0 Å². The smallest absolute Gasteiger partial charge is 0.0991 e. The van der Waals surface area contributed by atoms with Crippen molar-refractivity contribution in [2.24, 2.45) is 11.8 Å². The van der Waals surface area contributed by atoms with Crippen molar-refractivity contribution >= 4 is 0 Å². The fourth-order valence-electron chi connectivity index (χ4n) is 4.85. The van der Waals surface area contributed by atoms with Gasteiger partial charge in [0.1, 0.15) is 0 Å². The van der Waals surface area contributed by atoms with Crippen LogP contribution in [0.5, 0.6) is 0 Å². The van der Waals surface area contributed by atoms with Gasteiger partial charge in [-0.05, 0) is 79.2 Å². The Balaban J connectivity index is 1.33. The molecule has 1 heteroatoms. The summed E-state index contributed by atoms with van der Waals surface area (Å²) in [6.07, 6.45) is 21.4. The zero-order chi connectivity index (χ0) is 21.7. The molecule has 2 aromatic carbocycles. The van der Waals surface area contributed by atoms with Crippen LogP contribution in [0, 0.1) is 23.2 Å². The number of unbranched alkanes of at least 4 members (excludes halogenated alkanes) is 4. The Morgan fingerprint density at radius 1 is 0.839 bits per heavy atom. The fraction of sp³-hybridized carbons (Fsp3) is 0.500. The molecule has 0 heterocycles. The summed E-state index contributed by atoms with van der Waals surface area (Å²) >= 11 is 0. The molecular formula is C30H39N. The Morgan fingerprint density at radius 3 is 2.13 bits per heavy atom. The highest BCUT2D eigenvalue weighted by atomic mass is 14.2. The molecule has 3 rings (SSSR count). The van der Waals surface area contributed by atoms with Crippen LogP contribution in [0.3, 0.4) is 0 Å². The second-order valence-corrected chi connectivity index (χ2v) is 9.34. The number of nitrogens with zero attached hydrogens (tertiary/aromatic N) is 1. The summed E-state index contributed by atoms with van der Waals surface area (Å²) in [5, 5.41) is 8.93. The zero-order valence-electron chi connectivity index (χ0n) is 19.4. The van der Waals surface area contributed by atoms with Crippen molar-refractivity contribution in [1.82, 2.24) is 0 Å². The van der Waals surface area contributed by atoms with E-state index < -0.39 is 0 Å². The third-order valence-electron chi connectivity index (χ3n) is 6.92. The van der Waals surface area contributed by atoms with Gasteiger partial charge in [0.15, 0.2) is 0 Å². The van der Waals surface area contributed by atoms with Gasteiger partial charge >= 0.3 is 0 Å². The summed E-state index contributed by atoms with van der Waals surface area (Å²) in [6.45, 7) is 2.30. The summed E-state index contributed by atoms with van der Waals surface area (Å²) in [4.78, 5) is 0. The van der Waals surface area contributed by atoms with Crippen LogP contribution < -0.4 is 0 Å². The normalized spacial score (nSPS) is 18.8. The standard InChI is InChI=1S/C30H39N/c1-2-3-4-5-6-9-25-12-14-26(15-13-25)10-7-8-11-27-16-20-29(21-17-27)30-22-18-28(24-31)19-23-30/h7,10,16-23,25-26H,2-6,8-9,11-15H2,1H3. The molecule has 0 aliphatic heterocycles. The van der Waals surface area contributed by atoms with E-state index in [1.807, 2.05) is 24.3 Å². The maximum atomic E-state index is 8.93. The Morgan fingerprint density at radius 2 is 1.48 bits per heavy atom. The van der Waals surface area contributed by atoms with Crippen molar-refractivity contribution in [2.75, 3.05) is 0 Å². The number of rotatable bonds is 11. The molecule has 1 fully saturated rings. The zero-order valence-corrected chi connectivity index (χ0v) is 19.4. The minimum absolute atomic E-state index is 0.711. The van der Waals surface area contributed by atoms with E-state index in [2.05, 4.69) is 49.4 Å². The Labute approximate surface area is 190 Å². The van der Waals surface area contributed by atoms with E-state index in [1.165, 1.54) is 80.9 Å². The quantitative estimate of drug-likeness (QED) is 0.266. The van der Waals surface area contributed by atoms with Crippen LogP contribution in [0.15, 0.2) is 60.7 Å². The molecule has 1 aliphatic rings. The molecular weight excluding hydrogens is 374 g/mol. The van der Waals surface area contributed by atoms with E-state index in [0.29, 0.717) is 5.56 Å². The number of aryl methyl sites for hydroxylation is 1. The van der Waals surface area contributed by atoms with Gasteiger partial charge in [0.2, 0.25) is 0 Å². The number of hydrogen-bond donors (Lipinski definition) is 0. The van der Waals surface area contributed by atoms with Gasteiger partial charge in [-0.1, -0.05) is 94.0 Å². The van der Waals surface area contributed by atoms with Gasteiger partial charge < -0.3 is 0 Å². The van der Waals surface area contributed by atoms with Gasteiger partial charge in [-0.25, -0.2) is 0 Å². The molecule has 0 aromatic heterocycles. The van der Waals surface area contributed by atoms with Crippen molar-refractivity contribution in [3.8, 4) is 17.2 Å². The summed E-state index contributed by atoms with van der Waals surface area (Å²) in [6, 6.07) is 18.9. The lowest BCUT2D eigenvalue weighted by atomic mass is 9.79. The molecule has 0 unspecified atom stereocenters. The van der Waals surface area contributed by atoms with E-state index in [9.17, 15) is 0 Å². The van der Waals surface area contributed by atoms with Gasteiger partial charge in [0.05, 0.1) is 11.6 Å². The predicted molar refractivity (Wildman–Crippen MR) is 133 cm³/mol. The molecule has 31 heavy (non-hydrogen) atoms. The van der Waals surface area contributed by atoms with Crippen LogP contribution >= 0.6 is 0 Å². The minimum Gasteiger partial charge on any atom is -0.192 e. The second-order valence-electron chi connectivity index (χ2n) is 9.34. The van der Waals surface area contributed by atoms with Gasteiger partial charge in [0, 0.05) is 0 Å². The average Bonchev–Trinajstić information content (AvgIpc) is 2.83. The third-order valence-corrected chi connectivity index (χ3v) is 6.92. The molecule has 1 aliphatic carbocycles. The first kappa shape index (κ1) is 23.3. The molecule has 1 nitrogen and oxygen atoms in total. The van der Waals surface area contributed by atoms with Crippen molar-refractivity contribution in [2.45, 2.75) is 84.0 Å². The number of benzene rings is 2. The lowest BCUT2D eigenvalue weighted by Crippen LogP contribution is -2.13. The monoisotopic (exact) mass is 413 g/mol. The van der Waals surface area contributed by atoms with E-state index >= 15 is 0 Å². The summed E-state index contributed by atoms with van der Waals surface area (Å²) in [5.74, 6) is 1.82. The second kappa shape index (κ2) is 13.2. The molecule has 164 valence electrons. The largest absolute Gasteiger partial charge is 0.192 e. The molecule has 0 spiro atoms. The maximum Gasteiger partial charge on any atom is 0.0991 e. The first-order valence-corrected chi connectivity index (χ1v) is 12.5. The van der Waals surface area contributed by atoms with Crippen molar-refractivity contribution in [1.29, 1.82) is 5.26 Å². The Hall–Kier alpha value is -2.33. The van der Waals surface area contributed by atoms with Crippen LogP contribution in [-0.4, -0.2) is 0 Å². The lowest BCUT2D eigenvalue weighted by Gasteiger charge is -2.26. The van der Waals surface area contributed by atoms with E-state index in [0.717, 1.165) is 24.7 Å². The van der Waals surface area contributed by atoms with Crippen LogP contribution in [-0.2, 0) is 6.42 Å². The number of hydrogen-bond acceptors (Lipinski definition) is 1. The lowest BCUT2D eigenvalue weighted by molar-refractivity contribution is 0.288. The first-order chi connectivity index (χ1) is 15.3. The van der Waals surface area contributed by atoms with Gasteiger partial charge in [0.25, 0.3) is 0 Å². The topological polar surface area (TPSA) is 23.8 Å². The van der Waals surface area contributed by atoms with Crippen LogP contribution in [0.2, 0.25) is 0 Å². The van der Waals surface area contributed by atoms with Crippen molar-refractivity contribution in [3.63, 3.8) is 0 Å². The van der Waals surface area contributed by atoms with E-state index in [1.54, 1.807) is 0 Å². The average molecular weight is 414 g/mol. The number of allylic oxidation sites excluding steroid dienone is 2. The fourth-order valence-corrected chi connectivity index (χ4v) is 4.85. The predicted octanol–water partition coefficient (Wildman–Crippen LogP) is 8.88. The van der Waals surface area contributed by atoms with Crippen molar-refractivity contribution in [3.05, 3.63) is 71.8 Å². The molecule has 0 saturated heterocycles. The molecule has 1 saturated carbocycles. The molecule has 0 atom stereocenters. The van der Waals surface area contributed by atoms with Crippen molar-refractivity contribution < 1.29 is 0 Å². The van der Waals surface area contributed by atoms with Gasteiger partial charge in [-0.3, -0.25) is 0 Å². The maximum absolute atomic E-state index is 8.93. The van der Waals surface area contributed by atoms with Crippen LogP contribution in [0.25, 0.3) is 11.1 Å². The summed E-state index contributed by atoms with van der Waals surface area (Å²) < 4.78 is 0. The highest BCUT2D eigenvalue weighted by Crippen LogP contribution is 2.33. The molecule has 2 aromatic rings. The van der Waals surface area contributed by atoms with Gasteiger partial charge in [-0.2, -0.15) is 5.26 Å².